The van der Waals surface area contributed by atoms with E-state index in [1.165, 1.54) is 4.88 Å². The van der Waals surface area contributed by atoms with E-state index in [9.17, 15) is 0 Å². The van der Waals surface area contributed by atoms with E-state index in [1.54, 1.807) is 17.7 Å². The summed E-state index contributed by atoms with van der Waals surface area (Å²) in [5.74, 6) is 0.866. The van der Waals surface area contributed by atoms with Crippen molar-refractivity contribution in [2.75, 3.05) is 6.54 Å². The highest BCUT2D eigenvalue weighted by atomic mass is 32.1. The summed E-state index contributed by atoms with van der Waals surface area (Å²) >= 11 is 1.74. The maximum atomic E-state index is 4.41. The zero-order valence-corrected chi connectivity index (χ0v) is 10.2. The Hall–Kier alpha value is -1.20. The van der Waals surface area contributed by atoms with Crippen LogP contribution >= 0.6 is 11.3 Å². The molecule has 0 radical (unpaired) electrons. The molecule has 0 aromatic carbocycles. The minimum Gasteiger partial charge on any atom is -0.310 e. The molecule has 5 heteroatoms. The SMILES string of the molecule is CCCNCc1ncn(Cc2cccs2)n1. The third-order valence-electron chi connectivity index (χ3n) is 2.19. The molecule has 4 nitrogen and oxygen atoms in total. The monoisotopic (exact) mass is 236 g/mol. The van der Waals surface area contributed by atoms with E-state index in [0.717, 1.165) is 31.9 Å². The van der Waals surface area contributed by atoms with Crippen molar-refractivity contribution in [1.82, 2.24) is 20.1 Å². The first kappa shape index (κ1) is 11.3. The number of rotatable bonds is 6. The van der Waals surface area contributed by atoms with Gasteiger partial charge in [0.2, 0.25) is 0 Å². The summed E-state index contributed by atoms with van der Waals surface area (Å²) in [4.78, 5) is 5.57. The second-order valence-electron chi connectivity index (χ2n) is 3.61. The molecule has 0 spiro atoms. The first-order chi connectivity index (χ1) is 7.88. The molecule has 0 fully saturated rings. The smallest absolute Gasteiger partial charge is 0.164 e. The average molecular weight is 236 g/mol. The molecule has 0 unspecified atom stereocenters. The van der Waals surface area contributed by atoms with Crippen molar-refractivity contribution in [3.63, 3.8) is 0 Å². The van der Waals surface area contributed by atoms with Crippen LogP contribution in [-0.4, -0.2) is 21.3 Å². The Labute approximate surface area is 99.3 Å². The topological polar surface area (TPSA) is 42.7 Å². The predicted molar refractivity (Wildman–Crippen MR) is 65.4 cm³/mol. The summed E-state index contributed by atoms with van der Waals surface area (Å²) < 4.78 is 1.88. The van der Waals surface area contributed by atoms with Gasteiger partial charge in [0.1, 0.15) is 6.33 Å². The molecule has 0 amide bonds. The minimum absolute atomic E-state index is 0.755. The van der Waals surface area contributed by atoms with E-state index in [0.29, 0.717) is 0 Å². The number of aromatic nitrogens is 3. The molecule has 0 saturated carbocycles. The van der Waals surface area contributed by atoms with Crippen molar-refractivity contribution in [2.45, 2.75) is 26.4 Å². The molecule has 0 aliphatic heterocycles. The van der Waals surface area contributed by atoms with Crippen LogP contribution in [-0.2, 0) is 13.1 Å². The summed E-state index contributed by atoms with van der Waals surface area (Å²) in [6.07, 6.45) is 2.93. The van der Waals surface area contributed by atoms with Gasteiger partial charge in [-0.2, -0.15) is 5.10 Å². The summed E-state index contributed by atoms with van der Waals surface area (Å²) in [7, 11) is 0. The number of thiophene rings is 1. The van der Waals surface area contributed by atoms with Crippen LogP contribution < -0.4 is 5.32 Å². The Balaban J connectivity index is 1.87. The number of nitrogens with zero attached hydrogens (tertiary/aromatic N) is 3. The van der Waals surface area contributed by atoms with Crippen LogP contribution in [0.2, 0.25) is 0 Å². The van der Waals surface area contributed by atoms with Gasteiger partial charge in [-0.25, -0.2) is 9.67 Å². The standard InChI is InChI=1S/C11H16N4S/c1-2-5-12-7-11-13-9-15(14-11)8-10-4-3-6-16-10/h3-4,6,9,12H,2,5,7-8H2,1H3. The van der Waals surface area contributed by atoms with E-state index < -0.39 is 0 Å². The van der Waals surface area contributed by atoms with Crippen LogP contribution in [0.25, 0.3) is 0 Å². The third kappa shape index (κ3) is 3.15. The van der Waals surface area contributed by atoms with Crippen LogP contribution in [0.3, 0.4) is 0 Å². The fraction of sp³-hybridized carbons (Fsp3) is 0.455. The van der Waals surface area contributed by atoms with Gasteiger partial charge >= 0.3 is 0 Å². The van der Waals surface area contributed by atoms with E-state index in [2.05, 4.69) is 39.8 Å². The second-order valence-corrected chi connectivity index (χ2v) is 4.65. The molecule has 2 rings (SSSR count). The Kier molecular flexibility index (Phi) is 4.07. The largest absolute Gasteiger partial charge is 0.310 e. The average Bonchev–Trinajstić information content (AvgIpc) is 2.91. The van der Waals surface area contributed by atoms with Crippen molar-refractivity contribution >= 4 is 11.3 Å². The fourth-order valence-corrected chi connectivity index (χ4v) is 2.13. The highest BCUT2D eigenvalue weighted by molar-refractivity contribution is 7.09. The maximum absolute atomic E-state index is 4.41. The second kappa shape index (κ2) is 5.77. The predicted octanol–water partition coefficient (Wildman–Crippen LogP) is 1.89. The van der Waals surface area contributed by atoms with Gasteiger partial charge in [-0.1, -0.05) is 13.0 Å². The zero-order valence-electron chi connectivity index (χ0n) is 9.39. The van der Waals surface area contributed by atoms with Crippen LogP contribution in [0.5, 0.6) is 0 Å². The molecule has 0 aliphatic carbocycles. The molecule has 2 heterocycles. The Morgan fingerprint density at radius 1 is 1.50 bits per heavy atom. The van der Waals surface area contributed by atoms with Gasteiger partial charge in [-0.15, -0.1) is 11.3 Å². The van der Waals surface area contributed by atoms with Crippen molar-refractivity contribution in [1.29, 1.82) is 0 Å². The zero-order chi connectivity index (χ0) is 11.2. The maximum Gasteiger partial charge on any atom is 0.164 e. The summed E-state index contributed by atoms with van der Waals surface area (Å²) in [5.41, 5.74) is 0. The quantitative estimate of drug-likeness (QED) is 0.779. The lowest BCUT2D eigenvalue weighted by Gasteiger charge is -1.98. The van der Waals surface area contributed by atoms with E-state index in [4.69, 9.17) is 0 Å². The van der Waals surface area contributed by atoms with Gasteiger partial charge in [-0.3, -0.25) is 0 Å². The minimum atomic E-state index is 0.755. The summed E-state index contributed by atoms with van der Waals surface area (Å²) in [6.45, 7) is 4.74. The Morgan fingerprint density at radius 2 is 2.44 bits per heavy atom. The fourth-order valence-electron chi connectivity index (χ4n) is 1.43. The molecule has 0 saturated heterocycles. The molecule has 2 aromatic rings. The first-order valence-electron chi connectivity index (χ1n) is 5.50. The van der Waals surface area contributed by atoms with E-state index in [1.807, 2.05) is 4.68 Å². The van der Waals surface area contributed by atoms with Crippen molar-refractivity contribution in [2.24, 2.45) is 0 Å². The molecule has 2 aromatic heterocycles. The Bertz CT molecular complexity index is 407. The molecular weight excluding hydrogens is 220 g/mol. The van der Waals surface area contributed by atoms with Crippen molar-refractivity contribution < 1.29 is 0 Å². The molecule has 0 atom stereocenters. The van der Waals surface area contributed by atoms with Gasteiger partial charge in [0.25, 0.3) is 0 Å². The summed E-state index contributed by atoms with van der Waals surface area (Å²) in [6, 6.07) is 4.17. The number of hydrogen-bond donors (Lipinski definition) is 1. The molecule has 1 N–H and O–H groups in total. The van der Waals surface area contributed by atoms with Gasteiger partial charge in [0.15, 0.2) is 5.82 Å². The van der Waals surface area contributed by atoms with Crippen LogP contribution in [0.1, 0.15) is 24.0 Å². The van der Waals surface area contributed by atoms with Gasteiger partial charge in [0, 0.05) is 4.88 Å². The molecule has 86 valence electrons. The first-order valence-corrected chi connectivity index (χ1v) is 6.38. The summed E-state index contributed by atoms with van der Waals surface area (Å²) in [5, 5.41) is 9.77. The van der Waals surface area contributed by atoms with Gasteiger partial charge < -0.3 is 5.32 Å². The van der Waals surface area contributed by atoms with Crippen molar-refractivity contribution in [3.05, 3.63) is 34.5 Å². The van der Waals surface area contributed by atoms with Crippen LogP contribution in [0.4, 0.5) is 0 Å². The normalized spacial score (nSPS) is 10.8. The molecule has 0 bridgehead atoms. The van der Waals surface area contributed by atoms with Crippen molar-refractivity contribution in [3.8, 4) is 0 Å². The van der Waals surface area contributed by atoms with Gasteiger partial charge in [0.05, 0.1) is 13.1 Å². The number of hydrogen-bond acceptors (Lipinski definition) is 4. The molecule has 16 heavy (non-hydrogen) atoms. The lowest BCUT2D eigenvalue weighted by atomic mass is 10.5. The van der Waals surface area contributed by atoms with E-state index >= 15 is 0 Å². The lowest BCUT2D eigenvalue weighted by molar-refractivity contribution is 0.627. The van der Waals surface area contributed by atoms with E-state index in [-0.39, 0.29) is 0 Å². The molecule has 0 aliphatic rings. The Morgan fingerprint density at radius 3 is 3.19 bits per heavy atom. The van der Waals surface area contributed by atoms with Gasteiger partial charge in [-0.05, 0) is 24.4 Å². The van der Waals surface area contributed by atoms with Crippen LogP contribution in [0.15, 0.2) is 23.8 Å². The number of nitrogens with one attached hydrogen (secondary N) is 1. The highest BCUT2D eigenvalue weighted by Crippen LogP contribution is 2.09. The lowest BCUT2D eigenvalue weighted by Crippen LogP contribution is -2.15. The third-order valence-corrected chi connectivity index (χ3v) is 3.05. The van der Waals surface area contributed by atoms with Crippen LogP contribution in [0, 0.1) is 0 Å². The molecular formula is C11H16N4S. The highest BCUT2D eigenvalue weighted by Gasteiger charge is 2.01.